The molecule has 2 unspecified atom stereocenters. The van der Waals surface area contributed by atoms with Gasteiger partial charge in [0, 0.05) is 0 Å². The maximum atomic E-state index is 2.39. The van der Waals surface area contributed by atoms with Crippen molar-refractivity contribution in [2.24, 2.45) is 17.3 Å². The normalized spacial score (nSPS) is 16.3. The Labute approximate surface area is 90.8 Å². The molecule has 0 saturated heterocycles. The van der Waals surface area contributed by atoms with Gasteiger partial charge in [-0.2, -0.15) is 0 Å². The highest BCUT2D eigenvalue weighted by molar-refractivity contribution is 5.11. The minimum atomic E-state index is 0.454. The molecule has 0 spiro atoms. The summed E-state index contributed by atoms with van der Waals surface area (Å²) in [5.74, 6) is 1.46. The smallest absolute Gasteiger partial charge is 0.0201 e. The molecule has 0 amide bonds. The van der Waals surface area contributed by atoms with Crippen LogP contribution in [0.4, 0.5) is 0 Å². The second-order valence-electron chi connectivity index (χ2n) is 5.60. The van der Waals surface area contributed by atoms with E-state index < -0.39 is 0 Å². The molecule has 0 aliphatic rings. The Hall–Kier alpha value is -0.260. The summed E-state index contributed by atoms with van der Waals surface area (Å²) in [7, 11) is 0. The van der Waals surface area contributed by atoms with E-state index in [2.05, 4.69) is 55.4 Å². The molecule has 0 nitrogen and oxygen atoms in total. The fourth-order valence-electron chi connectivity index (χ4n) is 1.83. The van der Waals surface area contributed by atoms with Gasteiger partial charge in [-0.05, 0) is 38.0 Å². The molecule has 2 atom stereocenters. The summed E-state index contributed by atoms with van der Waals surface area (Å²) in [6.07, 6.45) is 1.26. The third-order valence-electron chi connectivity index (χ3n) is 4.37. The fraction of sp³-hybridized carbons (Fsp3) is 0.857. The zero-order chi connectivity index (χ0) is 11.5. The van der Waals surface area contributed by atoms with Crippen LogP contribution in [0.15, 0.2) is 11.1 Å². The summed E-state index contributed by atoms with van der Waals surface area (Å²) < 4.78 is 0. The Bertz CT molecular complexity index is 204. The van der Waals surface area contributed by atoms with Crippen molar-refractivity contribution in [2.75, 3.05) is 0 Å². The van der Waals surface area contributed by atoms with E-state index in [0.717, 1.165) is 5.92 Å². The van der Waals surface area contributed by atoms with E-state index in [9.17, 15) is 0 Å². The molecule has 0 bridgehead atoms. The maximum Gasteiger partial charge on any atom is -0.0201 e. The molecule has 0 radical (unpaired) electrons. The molecule has 0 N–H and O–H groups in total. The number of hydrogen-bond donors (Lipinski definition) is 0. The van der Waals surface area contributed by atoms with Gasteiger partial charge in [0.1, 0.15) is 0 Å². The highest BCUT2D eigenvalue weighted by Crippen LogP contribution is 2.38. The van der Waals surface area contributed by atoms with Gasteiger partial charge in [-0.25, -0.2) is 0 Å². The van der Waals surface area contributed by atoms with Crippen molar-refractivity contribution >= 4 is 0 Å². The van der Waals surface area contributed by atoms with E-state index >= 15 is 0 Å². The van der Waals surface area contributed by atoms with Crippen LogP contribution in [0.5, 0.6) is 0 Å². The van der Waals surface area contributed by atoms with Crippen molar-refractivity contribution in [3.05, 3.63) is 11.1 Å². The van der Waals surface area contributed by atoms with E-state index in [1.807, 2.05) is 0 Å². The molecular formula is C14H28. The zero-order valence-corrected chi connectivity index (χ0v) is 11.4. The maximum absolute atomic E-state index is 2.39. The Kier molecular flexibility index (Phi) is 4.91. The average Bonchev–Trinajstić information content (AvgIpc) is 2.14. The van der Waals surface area contributed by atoms with Gasteiger partial charge in [-0.1, -0.05) is 52.2 Å². The van der Waals surface area contributed by atoms with Crippen molar-refractivity contribution in [1.29, 1.82) is 0 Å². The van der Waals surface area contributed by atoms with Gasteiger partial charge < -0.3 is 0 Å². The second kappa shape index (κ2) is 5.00. The van der Waals surface area contributed by atoms with Gasteiger partial charge in [-0.3, -0.25) is 0 Å². The van der Waals surface area contributed by atoms with Crippen LogP contribution in [0.1, 0.15) is 61.8 Å². The van der Waals surface area contributed by atoms with Gasteiger partial charge in [0.25, 0.3) is 0 Å². The molecule has 0 aromatic heterocycles. The van der Waals surface area contributed by atoms with Crippen molar-refractivity contribution in [1.82, 2.24) is 0 Å². The lowest BCUT2D eigenvalue weighted by molar-refractivity contribution is 0.175. The number of hydrogen-bond acceptors (Lipinski definition) is 0. The monoisotopic (exact) mass is 196 g/mol. The predicted molar refractivity (Wildman–Crippen MR) is 66.4 cm³/mol. The minimum absolute atomic E-state index is 0.454. The van der Waals surface area contributed by atoms with Crippen molar-refractivity contribution in [3.63, 3.8) is 0 Å². The number of allylic oxidation sites excluding steroid dienone is 2. The summed E-state index contributed by atoms with van der Waals surface area (Å²) in [5, 5.41) is 0. The molecule has 0 aromatic carbocycles. The molecule has 0 aromatic rings. The van der Waals surface area contributed by atoms with E-state index in [1.54, 1.807) is 5.57 Å². The molecule has 0 aliphatic heterocycles. The third kappa shape index (κ3) is 3.15. The molecule has 0 heteroatoms. The molecule has 0 saturated carbocycles. The first kappa shape index (κ1) is 13.7. The Morgan fingerprint density at radius 3 is 1.79 bits per heavy atom. The van der Waals surface area contributed by atoms with Crippen LogP contribution in [0.25, 0.3) is 0 Å². The van der Waals surface area contributed by atoms with E-state index in [1.165, 1.54) is 12.0 Å². The second-order valence-corrected chi connectivity index (χ2v) is 5.60. The highest BCUT2D eigenvalue weighted by atomic mass is 14.3. The molecule has 84 valence electrons. The SMILES string of the molecule is CCC(C)(C)C(C)C(C)C(C)=C(C)C. The first-order chi connectivity index (χ1) is 6.24. The fourth-order valence-corrected chi connectivity index (χ4v) is 1.83. The van der Waals surface area contributed by atoms with Crippen molar-refractivity contribution in [3.8, 4) is 0 Å². The molecule has 0 fully saturated rings. The van der Waals surface area contributed by atoms with Gasteiger partial charge in [-0.15, -0.1) is 0 Å². The average molecular weight is 196 g/mol. The van der Waals surface area contributed by atoms with Crippen LogP contribution in [-0.2, 0) is 0 Å². The highest BCUT2D eigenvalue weighted by Gasteiger charge is 2.28. The summed E-state index contributed by atoms with van der Waals surface area (Å²) in [6, 6.07) is 0. The topological polar surface area (TPSA) is 0 Å². The summed E-state index contributed by atoms with van der Waals surface area (Å²) >= 11 is 0. The largest absolute Gasteiger partial charge is 0.0772 e. The van der Waals surface area contributed by atoms with Gasteiger partial charge >= 0.3 is 0 Å². The molecular weight excluding hydrogens is 168 g/mol. The van der Waals surface area contributed by atoms with E-state index in [4.69, 9.17) is 0 Å². The van der Waals surface area contributed by atoms with Gasteiger partial charge in [0.2, 0.25) is 0 Å². The minimum Gasteiger partial charge on any atom is -0.0772 e. The lowest BCUT2D eigenvalue weighted by atomic mass is 9.69. The van der Waals surface area contributed by atoms with Crippen molar-refractivity contribution in [2.45, 2.75) is 61.8 Å². The molecule has 14 heavy (non-hydrogen) atoms. The van der Waals surface area contributed by atoms with E-state index in [-0.39, 0.29) is 0 Å². The lowest BCUT2D eigenvalue weighted by Crippen LogP contribution is -2.27. The van der Waals surface area contributed by atoms with Crippen LogP contribution < -0.4 is 0 Å². The Morgan fingerprint density at radius 1 is 1.07 bits per heavy atom. The van der Waals surface area contributed by atoms with Crippen LogP contribution in [0.3, 0.4) is 0 Å². The third-order valence-corrected chi connectivity index (χ3v) is 4.37. The Balaban J connectivity index is 4.72. The molecule has 0 aliphatic carbocycles. The van der Waals surface area contributed by atoms with Crippen LogP contribution in [0, 0.1) is 17.3 Å². The van der Waals surface area contributed by atoms with Crippen molar-refractivity contribution < 1.29 is 0 Å². The van der Waals surface area contributed by atoms with E-state index in [0.29, 0.717) is 11.3 Å². The zero-order valence-electron chi connectivity index (χ0n) is 11.4. The van der Waals surface area contributed by atoms with Crippen LogP contribution >= 0.6 is 0 Å². The molecule has 0 heterocycles. The first-order valence-corrected chi connectivity index (χ1v) is 5.88. The molecule has 0 rings (SSSR count). The summed E-state index contributed by atoms with van der Waals surface area (Å²) in [6.45, 7) is 18.5. The van der Waals surface area contributed by atoms with Gasteiger partial charge in [0.15, 0.2) is 0 Å². The lowest BCUT2D eigenvalue weighted by Gasteiger charge is -2.36. The van der Waals surface area contributed by atoms with Gasteiger partial charge in [0.05, 0.1) is 0 Å². The summed E-state index contributed by atoms with van der Waals surface area (Å²) in [4.78, 5) is 0. The summed E-state index contributed by atoms with van der Waals surface area (Å²) in [5.41, 5.74) is 3.51. The number of rotatable bonds is 4. The van der Waals surface area contributed by atoms with Crippen LogP contribution in [-0.4, -0.2) is 0 Å². The quantitative estimate of drug-likeness (QED) is 0.552. The standard InChI is InChI=1S/C14H28/c1-9-14(7,8)13(6)12(5)11(4)10(2)3/h12-13H,9H2,1-8H3. The first-order valence-electron chi connectivity index (χ1n) is 5.88. The van der Waals surface area contributed by atoms with Crippen LogP contribution in [0.2, 0.25) is 0 Å². The Morgan fingerprint density at radius 2 is 1.50 bits per heavy atom. The predicted octanol–water partition coefficient (Wildman–Crippen LogP) is 5.05.